The van der Waals surface area contributed by atoms with Crippen LogP contribution in [0.4, 0.5) is 5.69 Å². The molecule has 4 aromatic rings. The predicted molar refractivity (Wildman–Crippen MR) is 135 cm³/mol. The summed E-state index contributed by atoms with van der Waals surface area (Å²) in [7, 11) is 0. The van der Waals surface area contributed by atoms with Crippen LogP contribution in [-0.4, -0.2) is 11.7 Å². The van der Waals surface area contributed by atoms with Crippen molar-refractivity contribution >= 4 is 17.4 Å². The van der Waals surface area contributed by atoms with Crippen molar-refractivity contribution < 1.29 is 9.59 Å². The van der Waals surface area contributed by atoms with Crippen LogP contribution in [0.2, 0.25) is 0 Å². The first-order valence-electron chi connectivity index (χ1n) is 11.0. The number of nitrogens with one attached hydrogen (secondary N) is 1. The van der Waals surface area contributed by atoms with E-state index in [1.165, 1.54) is 5.56 Å². The van der Waals surface area contributed by atoms with E-state index in [4.69, 9.17) is 0 Å². The molecule has 3 nitrogen and oxygen atoms in total. The molecule has 33 heavy (non-hydrogen) atoms. The van der Waals surface area contributed by atoms with Crippen molar-refractivity contribution in [1.82, 2.24) is 0 Å². The summed E-state index contributed by atoms with van der Waals surface area (Å²) in [6.45, 7) is 6.43. The van der Waals surface area contributed by atoms with Gasteiger partial charge in [0.1, 0.15) is 0 Å². The molecule has 0 unspecified atom stereocenters. The van der Waals surface area contributed by atoms with Gasteiger partial charge in [-0.3, -0.25) is 9.59 Å². The highest BCUT2D eigenvalue weighted by Gasteiger charge is 2.16. The number of ketones is 1. The summed E-state index contributed by atoms with van der Waals surface area (Å²) in [5.41, 5.74) is 5.68. The first kappa shape index (κ1) is 22.2. The molecule has 0 aliphatic carbocycles. The maximum atomic E-state index is 13.0. The molecule has 0 radical (unpaired) electrons. The van der Waals surface area contributed by atoms with Crippen LogP contribution in [0.5, 0.6) is 0 Å². The van der Waals surface area contributed by atoms with Gasteiger partial charge in [0.05, 0.1) is 0 Å². The largest absolute Gasteiger partial charge is 0.322 e. The Kier molecular flexibility index (Phi) is 6.23. The minimum absolute atomic E-state index is 0.0328. The smallest absolute Gasteiger partial charge is 0.255 e. The number of carbonyl (C=O) groups excluding carboxylic acids is 2. The van der Waals surface area contributed by atoms with Crippen LogP contribution in [0.3, 0.4) is 0 Å². The minimum atomic E-state index is -0.214. The minimum Gasteiger partial charge on any atom is -0.322 e. The molecule has 3 heteroatoms. The number of anilines is 1. The van der Waals surface area contributed by atoms with Crippen LogP contribution in [-0.2, 0) is 5.41 Å². The Morgan fingerprint density at radius 2 is 1.21 bits per heavy atom. The lowest BCUT2D eigenvalue weighted by Gasteiger charge is -2.19. The summed E-state index contributed by atoms with van der Waals surface area (Å²) in [4.78, 5) is 25.7. The lowest BCUT2D eigenvalue weighted by atomic mass is 9.86. The second-order valence-electron chi connectivity index (χ2n) is 9.13. The van der Waals surface area contributed by atoms with Gasteiger partial charge in [-0.05, 0) is 46.4 Å². The van der Waals surface area contributed by atoms with Crippen LogP contribution in [0.1, 0.15) is 52.6 Å². The summed E-state index contributed by atoms with van der Waals surface area (Å²) in [5.74, 6) is -0.285. The van der Waals surface area contributed by atoms with Gasteiger partial charge in [0, 0.05) is 22.4 Å². The average Bonchev–Trinajstić information content (AvgIpc) is 2.84. The number of carbonyl (C=O) groups is 2. The van der Waals surface area contributed by atoms with Gasteiger partial charge in [0.15, 0.2) is 5.78 Å². The maximum absolute atomic E-state index is 13.0. The van der Waals surface area contributed by atoms with Gasteiger partial charge < -0.3 is 5.32 Å². The Morgan fingerprint density at radius 1 is 0.606 bits per heavy atom. The van der Waals surface area contributed by atoms with Crippen LogP contribution in [0, 0.1) is 0 Å². The highest BCUT2D eigenvalue weighted by Crippen LogP contribution is 2.24. The fourth-order valence-corrected chi connectivity index (χ4v) is 3.67. The summed E-state index contributed by atoms with van der Waals surface area (Å²) >= 11 is 0. The summed E-state index contributed by atoms with van der Waals surface area (Å²) in [6, 6.07) is 32.3. The summed E-state index contributed by atoms with van der Waals surface area (Å²) < 4.78 is 0. The number of amides is 1. The first-order chi connectivity index (χ1) is 15.8. The average molecular weight is 434 g/mol. The monoisotopic (exact) mass is 433 g/mol. The van der Waals surface area contributed by atoms with Crippen molar-refractivity contribution in [3.63, 3.8) is 0 Å². The summed E-state index contributed by atoms with van der Waals surface area (Å²) in [6.07, 6.45) is 0. The van der Waals surface area contributed by atoms with E-state index in [-0.39, 0.29) is 17.1 Å². The fourth-order valence-electron chi connectivity index (χ4n) is 3.67. The Bertz CT molecular complexity index is 1270. The number of benzene rings is 4. The Labute approximate surface area is 195 Å². The van der Waals surface area contributed by atoms with Gasteiger partial charge in [0.2, 0.25) is 0 Å². The first-order valence-corrected chi connectivity index (χ1v) is 11.0. The lowest BCUT2D eigenvalue weighted by molar-refractivity contribution is 0.102. The van der Waals surface area contributed by atoms with E-state index in [9.17, 15) is 9.59 Å². The third-order valence-corrected chi connectivity index (χ3v) is 5.65. The molecule has 1 N–H and O–H groups in total. The molecule has 164 valence electrons. The normalized spacial score (nSPS) is 11.1. The van der Waals surface area contributed by atoms with Gasteiger partial charge in [-0.15, -0.1) is 0 Å². The Morgan fingerprint density at radius 3 is 1.85 bits per heavy atom. The molecule has 0 heterocycles. The highest BCUT2D eigenvalue weighted by atomic mass is 16.1. The second kappa shape index (κ2) is 9.25. The zero-order valence-corrected chi connectivity index (χ0v) is 19.1. The quantitative estimate of drug-likeness (QED) is 0.340. The molecule has 0 saturated heterocycles. The maximum Gasteiger partial charge on any atom is 0.255 e. The number of hydrogen-bond donors (Lipinski definition) is 1. The third-order valence-electron chi connectivity index (χ3n) is 5.65. The van der Waals surface area contributed by atoms with Gasteiger partial charge in [0.25, 0.3) is 5.91 Å². The van der Waals surface area contributed by atoms with E-state index < -0.39 is 0 Å². The molecular weight excluding hydrogens is 406 g/mol. The van der Waals surface area contributed by atoms with E-state index in [2.05, 4.69) is 26.1 Å². The Balaban J connectivity index is 1.47. The van der Waals surface area contributed by atoms with Crippen molar-refractivity contribution in [3.05, 3.63) is 125 Å². The molecule has 0 bridgehead atoms. The van der Waals surface area contributed by atoms with Gasteiger partial charge >= 0.3 is 0 Å². The van der Waals surface area contributed by atoms with Crippen LogP contribution < -0.4 is 5.32 Å². The Hall–Kier alpha value is -3.98. The van der Waals surface area contributed by atoms with Crippen LogP contribution >= 0.6 is 0 Å². The molecule has 0 aromatic heterocycles. The molecular formula is C30H27NO2. The second-order valence-corrected chi connectivity index (χ2v) is 9.13. The van der Waals surface area contributed by atoms with Gasteiger partial charge in [-0.2, -0.15) is 0 Å². The van der Waals surface area contributed by atoms with Crippen molar-refractivity contribution in [2.45, 2.75) is 26.2 Å². The van der Waals surface area contributed by atoms with E-state index in [0.717, 1.165) is 11.1 Å². The molecule has 0 spiro atoms. The van der Waals surface area contributed by atoms with E-state index >= 15 is 0 Å². The van der Waals surface area contributed by atoms with Gasteiger partial charge in [-0.1, -0.05) is 99.6 Å². The molecule has 4 aromatic carbocycles. The molecule has 0 fully saturated rings. The molecule has 4 rings (SSSR count). The molecule has 0 aliphatic rings. The third kappa shape index (κ3) is 5.27. The lowest BCUT2D eigenvalue weighted by Crippen LogP contribution is -2.13. The van der Waals surface area contributed by atoms with Crippen molar-refractivity contribution in [2.24, 2.45) is 0 Å². The molecule has 1 amide bonds. The van der Waals surface area contributed by atoms with Crippen molar-refractivity contribution in [2.75, 3.05) is 5.32 Å². The zero-order valence-electron chi connectivity index (χ0n) is 19.1. The zero-order chi connectivity index (χ0) is 23.4. The summed E-state index contributed by atoms with van der Waals surface area (Å²) in [5, 5.41) is 2.90. The molecule has 0 atom stereocenters. The van der Waals surface area contributed by atoms with E-state index in [1.54, 1.807) is 24.3 Å². The standard InChI is InChI=1S/C30H27NO2/c1-30(2,3)26-18-16-23(17-19-26)28(32)25-10-7-11-27(20-25)31-29(33)24-14-12-22(13-15-24)21-8-5-4-6-9-21/h4-20H,1-3H3,(H,31,33). The molecule has 0 saturated carbocycles. The van der Waals surface area contributed by atoms with E-state index in [1.807, 2.05) is 78.9 Å². The van der Waals surface area contributed by atoms with Crippen LogP contribution in [0.25, 0.3) is 11.1 Å². The van der Waals surface area contributed by atoms with E-state index in [0.29, 0.717) is 22.4 Å². The van der Waals surface area contributed by atoms with Crippen molar-refractivity contribution in [1.29, 1.82) is 0 Å². The topological polar surface area (TPSA) is 46.2 Å². The predicted octanol–water partition coefficient (Wildman–Crippen LogP) is 7.13. The molecule has 0 aliphatic heterocycles. The van der Waals surface area contributed by atoms with Crippen molar-refractivity contribution in [3.8, 4) is 11.1 Å². The van der Waals surface area contributed by atoms with Gasteiger partial charge in [-0.25, -0.2) is 0 Å². The SMILES string of the molecule is CC(C)(C)c1ccc(C(=O)c2cccc(NC(=O)c3ccc(-c4ccccc4)cc3)c2)cc1. The van der Waals surface area contributed by atoms with Crippen LogP contribution in [0.15, 0.2) is 103 Å². The number of hydrogen-bond acceptors (Lipinski definition) is 2. The fraction of sp³-hybridized carbons (Fsp3) is 0.133. The highest BCUT2D eigenvalue weighted by molar-refractivity contribution is 6.10. The number of rotatable bonds is 5.